The molecule has 0 saturated carbocycles. The molecule has 4 heteroatoms. The Kier molecular flexibility index (Phi) is 6.35. The van der Waals surface area contributed by atoms with Crippen molar-refractivity contribution in [3.8, 4) is 22.6 Å². The quantitative estimate of drug-likeness (QED) is 0.414. The summed E-state index contributed by atoms with van der Waals surface area (Å²) in [6.45, 7) is 6.46. The third-order valence-electron chi connectivity index (χ3n) is 5.03. The van der Waals surface area contributed by atoms with Crippen molar-refractivity contribution in [2.45, 2.75) is 40.4 Å². The van der Waals surface area contributed by atoms with Gasteiger partial charge >= 0.3 is 0 Å². The Hall–Kier alpha value is -3.11. The molecule has 0 aliphatic heterocycles. The first-order valence-corrected chi connectivity index (χ1v) is 9.71. The Morgan fingerprint density at radius 2 is 1.55 bits per heavy atom. The molecule has 0 atom stereocenters. The van der Waals surface area contributed by atoms with Gasteiger partial charge in [0.05, 0.1) is 18.8 Å². The van der Waals surface area contributed by atoms with E-state index in [1.807, 2.05) is 63.2 Å². The summed E-state index contributed by atoms with van der Waals surface area (Å²) in [5, 5.41) is 21.0. The number of aryl methyl sites for hydroxylation is 2. The number of carbonyl (C=O) groups is 1. The summed E-state index contributed by atoms with van der Waals surface area (Å²) >= 11 is 0. The lowest BCUT2D eigenvalue weighted by Crippen LogP contribution is -2.05. The highest BCUT2D eigenvalue weighted by molar-refractivity contribution is 5.90. The molecule has 3 aromatic rings. The number of phenols is 2. The summed E-state index contributed by atoms with van der Waals surface area (Å²) in [6.07, 6.45) is 1.09. The topological polar surface area (TPSA) is 66.8 Å². The second-order valence-electron chi connectivity index (χ2n) is 7.27. The van der Waals surface area contributed by atoms with Crippen LogP contribution in [0.3, 0.4) is 0 Å². The summed E-state index contributed by atoms with van der Waals surface area (Å²) < 4.78 is 5.91. The predicted molar refractivity (Wildman–Crippen MR) is 114 cm³/mol. The molecule has 0 spiro atoms. The average molecular weight is 390 g/mol. The number of carbonyl (C=O) groups excluding carboxylic acids is 1. The first-order valence-electron chi connectivity index (χ1n) is 9.71. The van der Waals surface area contributed by atoms with Crippen LogP contribution in [-0.4, -0.2) is 16.5 Å². The van der Waals surface area contributed by atoms with Gasteiger partial charge in [-0.05, 0) is 37.0 Å². The van der Waals surface area contributed by atoms with E-state index in [1.54, 1.807) is 0 Å². The van der Waals surface area contributed by atoms with Crippen molar-refractivity contribution < 1.29 is 19.7 Å². The van der Waals surface area contributed by atoms with E-state index in [1.165, 1.54) is 0 Å². The molecule has 3 rings (SSSR count). The Labute approximate surface area is 171 Å². The molecule has 0 aliphatic rings. The molecule has 0 bridgehead atoms. The number of phenolic OH excluding ortho intramolecular Hbond substituents is 2. The van der Waals surface area contributed by atoms with E-state index in [0.29, 0.717) is 30.4 Å². The second-order valence-corrected chi connectivity index (χ2v) is 7.27. The molecule has 0 amide bonds. The van der Waals surface area contributed by atoms with Crippen LogP contribution in [0, 0.1) is 13.8 Å². The summed E-state index contributed by atoms with van der Waals surface area (Å²) in [4.78, 5) is 11.8. The van der Waals surface area contributed by atoms with Gasteiger partial charge in [-0.3, -0.25) is 4.79 Å². The van der Waals surface area contributed by atoms with Crippen molar-refractivity contribution in [3.05, 3.63) is 81.9 Å². The zero-order valence-electron chi connectivity index (χ0n) is 17.0. The number of aromatic hydroxyl groups is 2. The van der Waals surface area contributed by atoms with Crippen LogP contribution in [0.1, 0.15) is 45.1 Å². The maximum atomic E-state index is 11.8. The minimum atomic E-state index is -0.386. The Balaban J connectivity index is 2.13. The van der Waals surface area contributed by atoms with E-state index in [4.69, 9.17) is 4.74 Å². The molecule has 3 aromatic carbocycles. The molecule has 0 fully saturated rings. The van der Waals surface area contributed by atoms with Crippen molar-refractivity contribution in [3.63, 3.8) is 0 Å². The van der Waals surface area contributed by atoms with E-state index in [2.05, 4.69) is 6.07 Å². The van der Waals surface area contributed by atoms with E-state index in [9.17, 15) is 15.0 Å². The standard InChI is InChI=1S/C25H26O4/c1-4-20-23(19-11-16(2)10-17(3)12-19)22(21(13-26)25(28)24(20)27)15-29-14-18-8-6-5-7-9-18/h5-13,27-28H,4,14-15H2,1-3H3. The Morgan fingerprint density at radius 1 is 0.897 bits per heavy atom. The number of ether oxygens (including phenoxy) is 1. The number of hydrogen-bond acceptors (Lipinski definition) is 4. The highest BCUT2D eigenvalue weighted by Gasteiger charge is 2.24. The SMILES string of the molecule is CCc1c(O)c(O)c(C=O)c(COCc2ccccc2)c1-c1cc(C)cc(C)c1. The third kappa shape index (κ3) is 4.33. The zero-order valence-corrected chi connectivity index (χ0v) is 17.0. The number of hydrogen-bond donors (Lipinski definition) is 2. The fourth-order valence-electron chi connectivity index (χ4n) is 3.78. The van der Waals surface area contributed by atoms with Crippen LogP contribution in [-0.2, 0) is 24.4 Å². The lowest BCUT2D eigenvalue weighted by atomic mass is 9.87. The van der Waals surface area contributed by atoms with Crippen molar-refractivity contribution in [2.75, 3.05) is 0 Å². The third-order valence-corrected chi connectivity index (χ3v) is 5.03. The first kappa shape index (κ1) is 20.6. The summed E-state index contributed by atoms with van der Waals surface area (Å²) in [7, 11) is 0. The molecule has 0 radical (unpaired) electrons. The summed E-state index contributed by atoms with van der Waals surface area (Å²) in [5.74, 6) is -0.626. The van der Waals surface area contributed by atoms with E-state index in [-0.39, 0.29) is 23.7 Å². The highest BCUT2D eigenvalue weighted by atomic mass is 16.5. The molecule has 2 N–H and O–H groups in total. The fraction of sp³-hybridized carbons (Fsp3) is 0.240. The number of rotatable bonds is 7. The van der Waals surface area contributed by atoms with Crippen molar-refractivity contribution in [1.82, 2.24) is 0 Å². The van der Waals surface area contributed by atoms with Crippen LogP contribution in [0.5, 0.6) is 11.5 Å². The van der Waals surface area contributed by atoms with E-state index >= 15 is 0 Å². The Bertz CT molecular complexity index is 1000. The van der Waals surface area contributed by atoms with Crippen LogP contribution < -0.4 is 0 Å². The lowest BCUT2D eigenvalue weighted by molar-refractivity contribution is 0.103. The van der Waals surface area contributed by atoms with Gasteiger partial charge in [0.25, 0.3) is 0 Å². The number of benzene rings is 3. The molecular formula is C25H26O4. The number of aldehydes is 1. The highest BCUT2D eigenvalue weighted by Crippen LogP contribution is 2.43. The van der Waals surface area contributed by atoms with Crippen molar-refractivity contribution in [2.24, 2.45) is 0 Å². The fourth-order valence-corrected chi connectivity index (χ4v) is 3.78. The van der Waals surface area contributed by atoms with Crippen LogP contribution in [0.15, 0.2) is 48.5 Å². The normalized spacial score (nSPS) is 10.9. The van der Waals surface area contributed by atoms with Crippen molar-refractivity contribution >= 4 is 6.29 Å². The summed E-state index contributed by atoms with van der Waals surface area (Å²) in [6, 6.07) is 15.9. The van der Waals surface area contributed by atoms with Crippen LogP contribution >= 0.6 is 0 Å². The molecule has 150 valence electrons. The van der Waals surface area contributed by atoms with Gasteiger partial charge < -0.3 is 14.9 Å². The van der Waals surface area contributed by atoms with Gasteiger partial charge in [0.2, 0.25) is 0 Å². The van der Waals surface area contributed by atoms with Gasteiger partial charge in [0, 0.05) is 11.1 Å². The van der Waals surface area contributed by atoms with Gasteiger partial charge in [-0.25, -0.2) is 0 Å². The maximum Gasteiger partial charge on any atom is 0.168 e. The van der Waals surface area contributed by atoms with Gasteiger partial charge in [0.1, 0.15) is 0 Å². The lowest BCUT2D eigenvalue weighted by Gasteiger charge is -2.20. The molecule has 0 aliphatic carbocycles. The minimum Gasteiger partial charge on any atom is -0.504 e. The van der Waals surface area contributed by atoms with Gasteiger partial charge in [-0.2, -0.15) is 0 Å². The van der Waals surface area contributed by atoms with Gasteiger partial charge in [-0.15, -0.1) is 0 Å². The molecular weight excluding hydrogens is 364 g/mol. The minimum absolute atomic E-state index is 0.0712. The Morgan fingerprint density at radius 3 is 2.14 bits per heavy atom. The second kappa shape index (κ2) is 8.93. The molecule has 29 heavy (non-hydrogen) atoms. The molecule has 0 heterocycles. The van der Waals surface area contributed by atoms with Crippen LogP contribution in [0.25, 0.3) is 11.1 Å². The maximum absolute atomic E-state index is 11.8. The molecule has 4 nitrogen and oxygen atoms in total. The van der Waals surface area contributed by atoms with Crippen LogP contribution in [0.4, 0.5) is 0 Å². The predicted octanol–water partition coefficient (Wildman–Crippen LogP) is 5.47. The summed E-state index contributed by atoms with van der Waals surface area (Å²) in [5.41, 5.74) is 6.11. The van der Waals surface area contributed by atoms with Gasteiger partial charge in [0.15, 0.2) is 17.8 Å². The smallest absolute Gasteiger partial charge is 0.168 e. The molecule has 0 unspecified atom stereocenters. The molecule has 0 saturated heterocycles. The van der Waals surface area contributed by atoms with Crippen LogP contribution in [0.2, 0.25) is 0 Å². The molecule has 0 aromatic heterocycles. The van der Waals surface area contributed by atoms with E-state index < -0.39 is 0 Å². The van der Waals surface area contributed by atoms with Crippen molar-refractivity contribution in [1.29, 1.82) is 0 Å². The largest absolute Gasteiger partial charge is 0.504 e. The monoisotopic (exact) mass is 390 g/mol. The zero-order chi connectivity index (χ0) is 21.0. The first-order chi connectivity index (χ1) is 14.0. The van der Waals surface area contributed by atoms with E-state index in [0.717, 1.165) is 27.8 Å². The van der Waals surface area contributed by atoms with Gasteiger partial charge in [-0.1, -0.05) is 66.6 Å². The average Bonchev–Trinajstić information content (AvgIpc) is 2.70.